The summed E-state index contributed by atoms with van der Waals surface area (Å²) in [6.45, 7) is 7.47. The van der Waals surface area contributed by atoms with Gasteiger partial charge in [-0.2, -0.15) is 0 Å². The van der Waals surface area contributed by atoms with Crippen molar-refractivity contribution in [1.29, 1.82) is 0 Å². The average Bonchev–Trinajstić information content (AvgIpc) is 3.40. The van der Waals surface area contributed by atoms with E-state index in [9.17, 15) is 25.4 Å². The van der Waals surface area contributed by atoms with Crippen molar-refractivity contribution in [2.75, 3.05) is 58.5 Å². The van der Waals surface area contributed by atoms with Crippen molar-refractivity contribution in [1.82, 2.24) is 4.90 Å². The number of ether oxygens (including phenoxy) is 4. The molecule has 6 rings (SSSR count). The van der Waals surface area contributed by atoms with Crippen LogP contribution in [0.3, 0.4) is 0 Å². The maximum absolute atomic E-state index is 15.1. The predicted octanol–water partition coefficient (Wildman–Crippen LogP) is 11.4. The molecular formula is C58H81N3O11S. The minimum atomic E-state index is -1.44. The summed E-state index contributed by atoms with van der Waals surface area (Å²) < 4.78 is 27.1. The third-order valence-electron chi connectivity index (χ3n) is 14.5. The number of benzene rings is 3. The van der Waals surface area contributed by atoms with Crippen LogP contribution in [-0.2, 0) is 25.7 Å². The number of oxime groups is 1. The number of aliphatic hydroxyl groups excluding tert-OH is 3. The first kappa shape index (κ1) is 57.5. The Bertz CT molecular complexity index is 2190. The van der Waals surface area contributed by atoms with Gasteiger partial charge in [0.2, 0.25) is 11.7 Å². The number of hydrogen-bond donors (Lipinski definition) is 3. The fraction of sp³-hybridized carbons (Fsp3) is 0.586. The number of carbonyl (C=O) groups excluding carboxylic acids is 1. The fourth-order valence-corrected chi connectivity index (χ4v) is 11.7. The second-order valence-corrected chi connectivity index (χ2v) is 20.6. The van der Waals surface area contributed by atoms with Gasteiger partial charge < -0.3 is 44.0 Å². The third kappa shape index (κ3) is 16.4. The molecule has 6 unspecified atom stereocenters. The number of fused-ring (bicyclic) bond motifs is 2. The SMILES string of the molecule is C=CCOC12Oc3ccc(OCCSc4ccccc4)cc3C3C(CCCCO)C(CCCCO)C=C(C(=NOCc4ccc([N+](=O)[O-])cc4)CC1N(CCOCCO)C(=O)CCCCCCCCCCC)C32. The lowest BCUT2D eigenvalue weighted by atomic mass is 9.55. The van der Waals surface area contributed by atoms with Crippen LogP contribution in [0.5, 0.6) is 11.5 Å². The van der Waals surface area contributed by atoms with Crippen LogP contribution >= 0.6 is 11.8 Å². The normalized spacial score (nSPS) is 21.4. The van der Waals surface area contributed by atoms with Crippen LogP contribution in [0, 0.1) is 27.9 Å². The molecule has 15 heteroatoms. The summed E-state index contributed by atoms with van der Waals surface area (Å²) in [5, 5.41) is 46.2. The molecule has 1 fully saturated rings. The van der Waals surface area contributed by atoms with E-state index in [2.05, 4.69) is 37.8 Å². The van der Waals surface area contributed by atoms with E-state index in [1.165, 1.54) is 49.1 Å². The summed E-state index contributed by atoms with van der Waals surface area (Å²) >= 11 is 1.73. The summed E-state index contributed by atoms with van der Waals surface area (Å²) in [5.41, 5.74) is 3.20. The molecule has 0 bridgehead atoms. The van der Waals surface area contributed by atoms with Crippen molar-refractivity contribution in [2.45, 2.75) is 145 Å². The quantitative estimate of drug-likeness (QED) is 0.0165. The largest absolute Gasteiger partial charge is 0.493 e. The Morgan fingerprint density at radius 1 is 0.890 bits per heavy atom. The Morgan fingerprint density at radius 2 is 1.62 bits per heavy atom. The van der Waals surface area contributed by atoms with Gasteiger partial charge in [-0.15, -0.1) is 18.3 Å². The molecule has 1 saturated carbocycles. The molecule has 0 radical (unpaired) electrons. The number of nitro benzene ring substituents is 1. The molecule has 6 atom stereocenters. The standard InChI is InChI=1S/C58H81N3O11S/c1-3-5-6-7-8-9-10-11-15-24-55(65)60(31-36-68-37-34-64)54-42-52(59-71-43-44-25-27-46(28-26-44)61(66)67)50-40-45(20-16-18-32-62)49(23-17-19-33-63)56-51-41-47(69-38-39-73-48-21-13-12-14-22-48)29-30-53(51)72-58(54,57(50)56)70-35-4-2/h4,12-14,21-22,25-30,40-41,45,49,54,56-57,62-64H,2-3,5-11,15-20,23-24,31-39,42-43H2,1H3. The first-order valence-corrected chi connectivity index (χ1v) is 28.0. The van der Waals surface area contributed by atoms with E-state index < -0.39 is 22.7 Å². The molecule has 3 aromatic rings. The zero-order chi connectivity index (χ0) is 51.7. The van der Waals surface area contributed by atoms with Crippen molar-refractivity contribution in [3.63, 3.8) is 0 Å². The number of thioether (sulfide) groups is 1. The van der Waals surface area contributed by atoms with Crippen LogP contribution in [0.25, 0.3) is 0 Å². The van der Waals surface area contributed by atoms with Gasteiger partial charge in [-0.3, -0.25) is 14.9 Å². The van der Waals surface area contributed by atoms with E-state index >= 15 is 4.79 Å². The monoisotopic (exact) mass is 1030 g/mol. The van der Waals surface area contributed by atoms with E-state index in [-0.39, 0.29) is 88.6 Å². The van der Waals surface area contributed by atoms with E-state index in [1.807, 2.05) is 35.2 Å². The van der Waals surface area contributed by atoms with Crippen LogP contribution in [0.2, 0.25) is 0 Å². The molecule has 14 nitrogen and oxygen atoms in total. The number of hydrogen-bond acceptors (Lipinski definition) is 13. The van der Waals surface area contributed by atoms with Crippen LogP contribution in [0.4, 0.5) is 5.69 Å². The molecule has 0 aromatic heterocycles. The number of non-ortho nitro benzene ring substituents is 1. The van der Waals surface area contributed by atoms with Crippen LogP contribution in [-0.4, -0.2) is 107 Å². The van der Waals surface area contributed by atoms with Crippen molar-refractivity contribution >= 4 is 29.1 Å². The summed E-state index contributed by atoms with van der Waals surface area (Å²) in [6.07, 6.45) is 19.0. The van der Waals surface area contributed by atoms with Crippen LogP contribution in [0.15, 0.2) is 107 Å². The smallest absolute Gasteiger partial charge is 0.269 e. The summed E-state index contributed by atoms with van der Waals surface area (Å²) in [7, 11) is 0. The highest BCUT2D eigenvalue weighted by atomic mass is 32.2. The first-order chi connectivity index (χ1) is 35.8. The number of unbranched alkanes of at least 4 members (excludes halogenated alkanes) is 10. The highest BCUT2D eigenvalue weighted by Crippen LogP contribution is 2.62. The number of nitrogens with zero attached hydrogens (tertiary/aromatic N) is 3. The lowest BCUT2D eigenvalue weighted by Crippen LogP contribution is -2.70. The van der Waals surface area contributed by atoms with Gasteiger partial charge in [0.05, 0.1) is 49.6 Å². The van der Waals surface area contributed by atoms with Crippen molar-refractivity contribution < 1.29 is 48.8 Å². The van der Waals surface area contributed by atoms with Crippen molar-refractivity contribution in [3.05, 3.63) is 118 Å². The molecular weight excluding hydrogens is 947 g/mol. The number of rotatable bonds is 36. The molecule has 3 aromatic carbocycles. The highest BCUT2D eigenvalue weighted by Gasteiger charge is 2.65. The van der Waals surface area contributed by atoms with E-state index in [1.54, 1.807) is 30.0 Å². The predicted molar refractivity (Wildman–Crippen MR) is 287 cm³/mol. The van der Waals surface area contributed by atoms with E-state index in [4.69, 9.17) is 28.9 Å². The Labute approximate surface area is 437 Å². The summed E-state index contributed by atoms with van der Waals surface area (Å²) in [4.78, 5) is 35.4. The number of amides is 1. The molecule has 0 saturated heterocycles. The number of allylic oxidation sites excluding steroid dienone is 1. The van der Waals surface area contributed by atoms with Crippen molar-refractivity contribution in [2.24, 2.45) is 22.9 Å². The van der Waals surface area contributed by atoms with Crippen LogP contribution in [0.1, 0.15) is 133 Å². The molecule has 400 valence electrons. The van der Waals surface area contributed by atoms with Gasteiger partial charge in [0.1, 0.15) is 24.1 Å². The second-order valence-electron chi connectivity index (χ2n) is 19.5. The van der Waals surface area contributed by atoms with Gasteiger partial charge >= 0.3 is 0 Å². The number of carbonyl (C=O) groups is 1. The minimum absolute atomic E-state index is 0.0208. The molecule has 1 heterocycles. The molecule has 73 heavy (non-hydrogen) atoms. The zero-order valence-corrected chi connectivity index (χ0v) is 43.9. The lowest BCUT2D eigenvalue weighted by Gasteiger charge is -2.60. The Morgan fingerprint density at radius 3 is 2.32 bits per heavy atom. The molecule has 3 aliphatic rings. The summed E-state index contributed by atoms with van der Waals surface area (Å²) in [6, 6.07) is 21.8. The molecule has 1 aliphatic heterocycles. The Balaban J connectivity index is 1.46. The van der Waals surface area contributed by atoms with Crippen molar-refractivity contribution in [3.8, 4) is 11.5 Å². The Kier molecular flexibility index (Phi) is 24.6. The van der Waals surface area contributed by atoms with E-state index in [0.29, 0.717) is 48.6 Å². The van der Waals surface area contributed by atoms with Gasteiger partial charge in [-0.25, -0.2) is 0 Å². The molecule has 1 amide bonds. The van der Waals surface area contributed by atoms with Crippen LogP contribution < -0.4 is 9.47 Å². The number of aliphatic hydroxyl groups is 3. The minimum Gasteiger partial charge on any atom is -0.493 e. The van der Waals surface area contributed by atoms with Gasteiger partial charge in [0.25, 0.3) is 5.69 Å². The summed E-state index contributed by atoms with van der Waals surface area (Å²) in [5.74, 6) is -0.0962. The van der Waals surface area contributed by atoms with Gasteiger partial charge in [0.15, 0.2) is 0 Å². The lowest BCUT2D eigenvalue weighted by molar-refractivity contribution is -0.384. The van der Waals surface area contributed by atoms with Gasteiger partial charge in [0, 0.05) is 66.9 Å². The van der Waals surface area contributed by atoms with Gasteiger partial charge in [-0.05, 0) is 97.5 Å². The number of nitro groups is 1. The fourth-order valence-electron chi connectivity index (χ4n) is 11.0. The maximum atomic E-state index is 15.1. The average molecular weight is 1030 g/mol. The van der Waals surface area contributed by atoms with Gasteiger partial charge in [-0.1, -0.05) is 107 Å². The first-order valence-electron chi connectivity index (χ1n) is 27.0. The van der Waals surface area contributed by atoms with E-state index in [0.717, 1.165) is 68.3 Å². The Hall–Kier alpha value is -4.77. The maximum Gasteiger partial charge on any atom is 0.269 e. The topological polar surface area (TPSA) is 183 Å². The molecule has 3 N–H and O–H groups in total. The molecule has 2 aliphatic carbocycles. The highest BCUT2D eigenvalue weighted by molar-refractivity contribution is 7.99. The second kappa shape index (κ2) is 31.2. The molecule has 0 spiro atoms. The zero-order valence-electron chi connectivity index (χ0n) is 43.1. The third-order valence-corrected chi connectivity index (χ3v) is 15.4.